The molecule has 0 saturated heterocycles. The quantitative estimate of drug-likeness (QED) is 0.468. The number of fused-ring (bicyclic) bond motifs is 1. The molecule has 0 spiro atoms. The van der Waals surface area contributed by atoms with Crippen LogP contribution in [-0.4, -0.2) is 17.4 Å². The average molecular weight is 422 g/mol. The standard InChI is InChI=1S/C18H16FIN2O/c19-13-7-8-16(20)15(10-13)18(23)21-9-3-4-12-11-22-17-6-2-1-5-14(12)17/h1-2,5-8,10-11,22H,3-4,9H2,(H,21,23). The smallest absolute Gasteiger partial charge is 0.252 e. The molecule has 3 aromatic rings. The number of hydrogen-bond acceptors (Lipinski definition) is 1. The molecule has 1 heterocycles. The van der Waals surface area contributed by atoms with Gasteiger partial charge in [-0.1, -0.05) is 18.2 Å². The summed E-state index contributed by atoms with van der Waals surface area (Å²) in [6, 6.07) is 12.4. The van der Waals surface area contributed by atoms with Crippen LogP contribution in [0, 0.1) is 9.39 Å². The van der Waals surface area contributed by atoms with E-state index >= 15 is 0 Å². The number of para-hydroxylation sites is 1. The van der Waals surface area contributed by atoms with Crippen LogP contribution < -0.4 is 5.32 Å². The molecule has 3 rings (SSSR count). The van der Waals surface area contributed by atoms with Gasteiger partial charge in [-0.3, -0.25) is 4.79 Å². The Hall–Kier alpha value is -1.89. The Labute approximate surface area is 147 Å². The highest BCUT2D eigenvalue weighted by atomic mass is 127. The lowest BCUT2D eigenvalue weighted by atomic mass is 10.1. The number of halogens is 2. The highest BCUT2D eigenvalue weighted by molar-refractivity contribution is 14.1. The number of aryl methyl sites for hydroxylation is 1. The predicted octanol–water partition coefficient (Wildman–Crippen LogP) is 4.27. The number of amides is 1. The van der Waals surface area contributed by atoms with Crippen LogP contribution in [0.2, 0.25) is 0 Å². The van der Waals surface area contributed by atoms with E-state index in [4.69, 9.17) is 0 Å². The SMILES string of the molecule is O=C(NCCCc1c[nH]c2ccccc12)c1cc(F)ccc1I. The van der Waals surface area contributed by atoms with Gasteiger partial charge in [-0.05, 0) is 65.3 Å². The summed E-state index contributed by atoms with van der Waals surface area (Å²) < 4.78 is 14.0. The van der Waals surface area contributed by atoms with Crippen LogP contribution in [-0.2, 0) is 6.42 Å². The molecule has 0 unspecified atom stereocenters. The lowest BCUT2D eigenvalue weighted by Crippen LogP contribution is -2.25. The first-order valence-corrected chi connectivity index (χ1v) is 8.51. The molecular formula is C18H16FIN2O. The molecule has 118 valence electrons. The first-order chi connectivity index (χ1) is 11.1. The molecule has 0 saturated carbocycles. The van der Waals surface area contributed by atoms with Crippen LogP contribution >= 0.6 is 22.6 Å². The summed E-state index contributed by atoms with van der Waals surface area (Å²) in [5, 5.41) is 4.08. The van der Waals surface area contributed by atoms with Gasteiger partial charge >= 0.3 is 0 Å². The monoisotopic (exact) mass is 422 g/mol. The van der Waals surface area contributed by atoms with Gasteiger partial charge in [0.2, 0.25) is 0 Å². The van der Waals surface area contributed by atoms with Crippen molar-refractivity contribution in [3.8, 4) is 0 Å². The number of rotatable bonds is 5. The van der Waals surface area contributed by atoms with Crippen LogP contribution in [0.4, 0.5) is 4.39 Å². The zero-order valence-corrected chi connectivity index (χ0v) is 14.6. The largest absolute Gasteiger partial charge is 0.361 e. The molecule has 0 aliphatic heterocycles. The van der Waals surface area contributed by atoms with Crippen molar-refractivity contribution >= 4 is 39.4 Å². The Balaban J connectivity index is 1.55. The third kappa shape index (κ3) is 3.72. The first-order valence-electron chi connectivity index (χ1n) is 7.43. The van der Waals surface area contributed by atoms with Crippen molar-refractivity contribution in [2.45, 2.75) is 12.8 Å². The topological polar surface area (TPSA) is 44.9 Å². The van der Waals surface area contributed by atoms with Crippen molar-refractivity contribution < 1.29 is 9.18 Å². The first kappa shape index (κ1) is 16.0. The Morgan fingerprint density at radius 1 is 1.22 bits per heavy atom. The van der Waals surface area contributed by atoms with E-state index in [2.05, 4.69) is 16.4 Å². The third-order valence-electron chi connectivity index (χ3n) is 3.76. The number of carbonyl (C=O) groups is 1. The van der Waals surface area contributed by atoms with Gasteiger partial charge in [-0.15, -0.1) is 0 Å². The summed E-state index contributed by atoms with van der Waals surface area (Å²) >= 11 is 2.04. The lowest BCUT2D eigenvalue weighted by molar-refractivity contribution is 0.0952. The highest BCUT2D eigenvalue weighted by Gasteiger charge is 2.10. The number of H-pyrrole nitrogens is 1. The molecule has 0 fully saturated rings. The fourth-order valence-corrected chi connectivity index (χ4v) is 3.17. The lowest BCUT2D eigenvalue weighted by Gasteiger charge is -2.07. The zero-order valence-electron chi connectivity index (χ0n) is 12.4. The van der Waals surface area contributed by atoms with Gasteiger partial charge in [-0.2, -0.15) is 0 Å². The second-order valence-electron chi connectivity index (χ2n) is 5.34. The highest BCUT2D eigenvalue weighted by Crippen LogP contribution is 2.19. The zero-order chi connectivity index (χ0) is 16.2. The molecule has 0 aliphatic rings. The Morgan fingerprint density at radius 3 is 2.91 bits per heavy atom. The molecule has 23 heavy (non-hydrogen) atoms. The van der Waals surface area contributed by atoms with Crippen LogP contribution in [0.1, 0.15) is 22.3 Å². The summed E-state index contributed by atoms with van der Waals surface area (Å²) in [6.45, 7) is 0.560. The minimum absolute atomic E-state index is 0.229. The van der Waals surface area contributed by atoms with Gasteiger partial charge in [0.15, 0.2) is 0 Å². The van der Waals surface area contributed by atoms with E-state index in [9.17, 15) is 9.18 Å². The van der Waals surface area contributed by atoms with Gasteiger partial charge in [0.25, 0.3) is 5.91 Å². The van der Waals surface area contributed by atoms with E-state index in [0.29, 0.717) is 12.1 Å². The minimum atomic E-state index is -0.394. The Morgan fingerprint density at radius 2 is 2.04 bits per heavy atom. The second-order valence-corrected chi connectivity index (χ2v) is 6.51. The fourth-order valence-electron chi connectivity index (χ4n) is 2.59. The van der Waals surface area contributed by atoms with Crippen LogP contribution in [0.25, 0.3) is 10.9 Å². The van der Waals surface area contributed by atoms with Gasteiger partial charge in [-0.25, -0.2) is 4.39 Å². The van der Waals surface area contributed by atoms with E-state index < -0.39 is 5.82 Å². The number of hydrogen-bond donors (Lipinski definition) is 2. The van der Waals surface area contributed by atoms with Crippen LogP contribution in [0.5, 0.6) is 0 Å². The molecule has 2 N–H and O–H groups in total. The van der Waals surface area contributed by atoms with Crippen molar-refractivity contribution in [2.75, 3.05) is 6.54 Å². The maximum absolute atomic E-state index is 13.2. The normalized spacial score (nSPS) is 10.9. The van der Waals surface area contributed by atoms with Gasteiger partial charge in [0.05, 0.1) is 5.56 Å². The Bertz CT molecular complexity index is 844. The number of aromatic nitrogens is 1. The van der Waals surface area contributed by atoms with E-state index in [0.717, 1.165) is 21.9 Å². The summed E-state index contributed by atoms with van der Waals surface area (Å²) in [7, 11) is 0. The summed E-state index contributed by atoms with van der Waals surface area (Å²) in [5.41, 5.74) is 2.76. The number of benzene rings is 2. The molecule has 0 radical (unpaired) electrons. The van der Waals surface area contributed by atoms with Crippen molar-refractivity contribution in [3.63, 3.8) is 0 Å². The number of carbonyl (C=O) groups excluding carboxylic acids is 1. The molecule has 0 bridgehead atoms. The van der Waals surface area contributed by atoms with E-state index in [-0.39, 0.29) is 5.91 Å². The van der Waals surface area contributed by atoms with Gasteiger partial charge < -0.3 is 10.3 Å². The molecular weight excluding hydrogens is 406 g/mol. The maximum atomic E-state index is 13.2. The van der Waals surface area contributed by atoms with Gasteiger partial charge in [0.1, 0.15) is 5.82 Å². The molecule has 1 aromatic heterocycles. The summed E-state index contributed by atoms with van der Waals surface area (Å²) in [4.78, 5) is 15.4. The van der Waals surface area contributed by atoms with Crippen molar-refractivity contribution in [1.29, 1.82) is 0 Å². The van der Waals surface area contributed by atoms with E-state index in [1.54, 1.807) is 6.07 Å². The molecule has 5 heteroatoms. The summed E-state index contributed by atoms with van der Waals surface area (Å²) in [5.74, 6) is -0.623. The predicted molar refractivity (Wildman–Crippen MR) is 98.1 cm³/mol. The third-order valence-corrected chi connectivity index (χ3v) is 4.70. The van der Waals surface area contributed by atoms with Gasteiger partial charge in [0, 0.05) is 27.2 Å². The maximum Gasteiger partial charge on any atom is 0.252 e. The molecule has 0 aliphatic carbocycles. The van der Waals surface area contributed by atoms with Crippen molar-refractivity contribution in [3.05, 3.63) is 69.2 Å². The van der Waals surface area contributed by atoms with Crippen LogP contribution in [0.3, 0.4) is 0 Å². The minimum Gasteiger partial charge on any atom is -0.361 e. The Kier molecular flexibility index (Phi) is 4.95. The molecule has 3 nitrogen and oxygen atoms in total. The molecule has 1 amide bonds. The van der Waals surface area contributed by atoms with Crippen molar-refractivity contribution in [1.82, 2.24) is 10.3 Å². The van der Waals surface area contributed by atoms with E-state index in [1.807, 2.05) is 47.0 Å². The van der Waals surface area contributed by atoms with Crippen molar-refractivity contribution in [2.24, 2.45) is 0 Å². The molecule has 0 atom stereocenters. The average Bonchev–Trinajstić information content (AvgIpc) is 2.97. The molecule has 2 aromatic carbocycles. The fraction of sp³-hybridized carbons (Fsp3) is 0.167. The van der Waals surface area contributed by atoms with Crippen LogP contribution in [0.15, 0.2) is 48.7 Å². The second kappa shape index (κ2) is 7.12. The number of aromatic amines is 1. The van der Waals surface area contributed by atoms with E-state index in [1.165, 1.54) is 23.1 Å². The number of nitrogens with one attached hydrogen (secondary N) is 2. The summed E-state index contributed by atoms with van der Waals surface area (Å²) in [6.07, 6.45) is 3.73.